The first-order chi connectivity index (χ1) is 8.35. The molecule has 1 aliphatic heterocycles. The second kappa shape index (κ2) is 6.72. The number of nitrogens with two attached hydrogens (primary N) is 1. The van der Waals surface area contributed by atoms with E-state index in [1.807, 2.05) is 0 Å². The van der Waals surface area contributed by atoms with Crippen LogP contribution in [0.4, 0.5) is 0 Å². The highest BCUT2D eigenvalue weighted by Crippen LogP contribution is 2.30. The maximum atomic E-state index is 5.92. The predicted octanol–water partition coefficient (Wildman–Crippen LogP) is 2.00. The average molecular weight is 240 g/mol. The molecule has 0 radical (unpaired) electrons. The van der Waals surface area contributed by atoms with Crippen molar-refractivity contribution in [2.24, 2.45) is 11.7 Å². The van der Waals surface area contributed by atoms with Gasteiger partial charge in [0.15, 0.2) is 0 Å². The van der Waals surface area contributed by atoms with Crippen molar-refractivity contribution < 1.29 is 4.74 Å². The van der Waals surface area contributed by atoms with Gasteiger partial charge in [0.05, 0.1) is 6.10 Å². The Morgan fingerprint density at radius 2 is 1.82 bits per heavy atom. The van der Waals surface area contributed by atoms with E-state index in [1.54, 1.807) is 0 Å². The fraction of sp³-hybridized carbons (Fsp3) is 1.00. The van der Waals surface area contributed by atoms with Gasteiger partial charge in [-0.3, -0.25) is 4.90 Å². The van der Waals surface area contributed by atoms with Crippen molar-refractivity contribution in [1.82, 2.24) is 4.90 Å². The van der Waals surface area contributed by atoms with Crippen molar-refractivity contribution in [3.05, 3.63) is 0 Å². The Bertz CT molecular complexity index is 214. The number of likely N-dealkylation sites (tertiary alicyclic amines) is 1. The molecular formula is C14H28N2O. The standard InChI is InChI=1S/C14H28N2O/c1-2-17-13-7-9-16(10-8-13)14-6-4-3-5-12(14)11-15/h12-14H,2-11,15H2,1H3. The second-order valence-electron chi connectivity index (χ2n) is 5.54. The first-order valence-electron chi connectivity index (χ1n) is 7.40. The first-order valence-corrected chi connectivity index (χ1v) is 7.40. The van der Waals surface area contributed by atoms with E-state index in [1.165, 1.54) is 51.6 Å². The van der Waals surface area contributed by atoms with Gasteiger partial charge in [-0.15, -0.1) is 0 Å². The summed E-state index contributed by atoms with van der Waals surface area (Å²) in [7, 11) is 0. The minimum atomic E-state index is 0.510. The summed E-state index contributed by atoms with van der Waals surface area (Å²) >= 11 is 0. The molecule has 3 heteroatoms. The topological polar surface area (TPSA) is 38.5 Å². The molecule has 1 heterocycles. The van der Waals surface area contributed by atoms with Crippen LogP contribution in [-0.2, 0) is 4.74 Å². The quantitative estimate of drug-likeness (QED) is 0.817. The smallest absolute Gasteiger partial charge is 0.0599 e. The van der Waals surface area contributed by atoms with Gasteiger partial charge in [-0.2, -0.15) is 0 Å². The van der Waals surface area contributed by atoms with Crippen LogP contribution in [0.2, 0.25) is 0 Å². The van der Waals surface area contributed by atoms with E-state index in [0.29, 0.717) is 6.10 Å². The van der Waals surface area contributed by atoms with Gasteiger partial charge in [-0.25, -0.2) is 0 Å². The summed E-state index contributed by atoms with van der Waals surface area (Å²) in [6.45, 7) is 6.26. The minimum absolute atomic E-state index is 0.510. The molecule has 1 aliphatic carbocycles. The maximum Gasteiger partial charge on any atom is 0.0599 e. The fourth-order valence-corrected chi connectivity index (χ4v) is 3.55. The number of nitrogens with zero attached hydrogens (tertiary/aromatic N) is 1. The van der Waals surface area contributed by atoms with Gasteiger partial charge in [0.25, 0.3) is 0 Å². The number of hydrogen-bond acceptors (Lipinski definition) is 3. The van der Waals surface area contributed by atoms with Gasteiger partial charge in [-0.1, -0.05) is 12.8 Å². The van der Waals surface area contributed by atoms with Crippen LogP contribution < -0.4 is 5.73 Å². The molecule has 100 valence electrons. The lowest BCUT2D eigenvalue weighted by Crippen LogP contribution is -2.49. The third-order valence-corrected chi connectivity index (χ3v) is 4.52. The second-order valence-corrected chi connectivity index (χ2v) is 5.54. The Hall–Kier alpha value is -0.120. The van der Waals surface area contributed by atoms with Gasteiger partial charge in [-0.05, 0) is 45.1 Å². The van der Waals surface area contributed by atoms with Gasteiger partial charge in [0.2, 0.25) is 0 Å². The molecule has 0 aromatic heterocycles. The summed E-state index contributed by atoms with van der Waals surface area (Å²) in [6, 6.07) is 0.760. The van der Waals surface area contributed by atoms with Crippen LogP contribution in [-0.4, -0.2) is 43.3 Å². The Balaban J connectivity index is 1.82. The summed E-state index contributed by atoms with van der Waals surface area (Å²) in [5.41, 5.74) is 5.92. The van der Waals surface area contributed by atoms with E-state index in [-0.39, 0.29) is 0 Å². The molecule has 2 N–H and O–H groups in total. The van der Waals surface area contributed by atoms with Gasteiger partial charge >= 0.3 is 0 Å². The lowest BCUT2D eigenvalue weighted by Gasteiger charge is -2.43. The first kappa shape index (κ1) is 13.3. The van der Waals surface area contributed by atoms with Crippen molar-refractivity contribution in [1.29, 1.82) is 0 Å². The van der Waals surface area contributed by atoms with Crippen molar-refractivity contribution in [3.63, 3.8) is 0 Å². The molecule has 17 heavy (non-hydrogen) atoms. The van der Waals surface area contributed by atoms with Gasteiger partial charge in [0, 0.05) is 25.7 Å². The third-order valence-electron chi connectivity index (χ3n) is 4.52. The van der Waals surface area contributed by atoms with Crippen LogP contribution in [0.15, 0.2) is 0 Å². The van der Waals surface area contributed by atoms with Gasteiger partial charge < -0.3 is 10.5 Å². The lowest BCUT2D eigenvalue weighted by molar-refractivity contribution is -0.00905. The number of hydrogen-bond donors (Lipinski definition) is 1. The molecule has 2 fully saturated rings. The van der Waals surface area contributed by atoms with Crippen LogP contribution in [0.3, 0.4) is 0 Å². The summed E-state index contributed by atoms with van der Waals surface area (Å²) in [5.74, 6) is 0.743. The zero-order valence-electron chi connectivity index (χ0n) is 11.2. The monoisotopic (exact) mass is 240 g/mol. The molecule has 0 aromatic rings. The molecule has 2 aliphatic rings. The molecule has 0 amide bonds. The van der Waals surface area contributed by atoms with E-state index in [0.717, 1.165) is 25.1 Å². The van der Waals surface area contributed by atoms with Crippen LogP contribution in [0, 0.1) is 5.92 Å². The molecule has 0 bridgehead atoms. The van der Waals surface area contributed by atoms with Crippen molar-refractivity contribution >= 4 is 0 Å². The minimum Gasteiger partial charge on any atom is -0.378 e. The van der Waals surface area contributed by atoms with Crippen LogP contribution >= 0.6 is 0 Å². The Morgan fingerprint density at radius 3 is 2.47 bits per heavy atom. The SMILES string of the molecule is CCOC1CCN(C2CCCCC2CN)CC1. The van der Waals surface area contributed by atoms with E-state index < -0.39 is 0 Å². The molecule has 1 saturated carbocycles. The van der Waals surface area contributed by atoms with Crippen LogP contribution in [0.5, 0.6) is 0 Å². The normalized spacial score (nSPS) is 32.8. The predicted molar refractivity (Wildman–Crippen MR) is 71.0 cm³/mol. The highest BCUT2D eigenvalue weighted by molar-refractivity contribution is 4.86. The zero-order chi connectivity index (χ0) is 12.1. The lowest BCUT2D eigenvalue weighted by atomic mass is 9.82. The molecule has 3 nitrogen and oxygen atoms in total. The summed E-state index contributed by atoms with van der Waals surface area (Å²) in [4.78, 5) is 2.69. The molecule has 2 unspecified atom stereocenters. The number of piperidine rings is 1. The Morgan fingerprint density at radius 1 is 1.12 bits per heavy atom. The highest BCUT2D eigenvalue weighted by Gasteiger charge is 2.31. The van der Waals surface area contributed by atoms with Gasteiger partial charge in [0.1, 0.15) is 0 Å². The summed E-state index contributed by atoms with van der Waals surface area (Å²) in [5, 5.41) is 0. The van der Waals surface area contributed by atoms with Crippen molar-refractivity contribution in [2.45, 2.75) is 57.6 Å². The number of rotatable bonds is 4. The average Bonchev–Trinajstić information content (AvgIpc) is 2.40. The molecule has 0 aromatic carbocycles. The molecule has 2 rings (SSSR count). The van der Waals surface area contributed by atoms with E-state index in [4.69, 9.17) is 10.5 Å². The highest BCUT2D eigenvalue weighted by atomic mass is 16.5. The van der Waals surface area contributed by atoms with Crippen molar-refractivity contribution in [3.8, 4) is 0 Å². The number of ether oxygens (including phenoxy) is 1. The van der Waals surface area contributed by atoms with E-state index in [9.17, 15) is 0 Å². The molecule has 1 saturated heterocycles. The van der Waals surface area contributed by atoms with Crippen molar-refractivity contribution in [2.75, 3.05) is 26.2 Å². The third kappa shape index (κ3) is 3.43. The van der Waals surface area contributed by atoms with E-state index >= 15 is 0 Å². The molecular weight excluding hydrogens is 212 g/mol. The zero-order valence-corrected chi connectivity index (χ0v) is 11.2. The summed E-state index contributed by atoms with van der Waals surface area (Å²) in [6.07, 6.45) is 8.41. The molecule has 0 spiro atoms. The summed E-state index contributed by atoms with van der Waals surface area (Å²) < 4.78 is 5.72. The Kier molecular flexibility index (Phi) is 5.26. The largest absolute Gasteiger partial charge is 0.378 e. The van der Waals surface area contributed by atoms with Crippen LogP contribution in [0.1, 0.15) is 45.4 Å². The fourth-order valence-electron chi connectivity index (χ4n) is 3.55. The van der Waals surface area contributed by atoms with Crippen LogP contribution in [0.25, 0.3) is 0 Å². The Labute approximate surface area is 106 Å². The maximum absolute atomic E-state index is 5.92. The molecule has 2 atom stereocenters. The van der Waals surface area contributed by atoms with E-state index in [2.05, 4.69) is 11.8 Å².